The Morgan fingerprint density at radius 1 is 0.909 bits per heavy atom. The van der Waals surface area contributed by atoms with E-state index in [1.165, 1.54) is 12.1 Å². The summed E-state index contributed by atoms with van der Waals surface area (Å²) in [5.41, 5.74) is 1.21. The van der Waals surface area contributed by atoms with Gasteiger partial charge in [-0.05, 0) is 30.7 Å². The molecule has 0 aliphatic rings. The predicted molar refractivity (Wildman–Crippen MR) is 95.5 cm³/mol. The smallest absolute Gasteiger partial charge is 0.156 e. The van der Waals surface area contributed by atoms with Gasteiger partial charge in [-0.15, -0.1) is 0 Å². The van der Waals surface area contributed by atoms with E-state index >= 15 is 0 Å². The van der Waals surface area contributed by atoms with Crippen molar-refractivity contribution in [3.8, 4) is 5.75 Å². The van der Waals surface area contributed by atoms with Crippen molar-refractivity contribution in [2.24, 2.45) is 0 Å². The van der Waals surface area contributed by atoms with Crippen LogP contribution in [-0.2, 0) is 0 Å². The number of para-hydroxylation sites is 2. The molecule has 0 aromatic heterocycles. The first kappa shape index (κ1) is 17.0. The summed E-state index contributed by atoms with van der Waals surface area (Å²) in [6.07, 6.45) is 2.32. The Morgan fingerprint density at radius 2 is 1.59 bits per heavy atom. The molecule has 2 aromatic rings. The van der Waals surface area contributed by atoms with Gasteiger partial charge in [0, 0.05) is 12.2 Å². The molecule has 0 heterocycles. The Bertz CT molecular complexity index is 554. The van der Waals surface area contributed by atoms with Crippen molar-refractivity contribution >= 4 is 28.9 Å². The van der Waals surface area contributed by atoms with Crippen LogP contribution in [0, 0.1) is 0 Å². The fourth-order valence-corrected chi connectivity index (χ4v) is 2.74. The van der Waals surface area contributed by atoms with Crippen molar-refractivity contribution in [2.75, 3.05) is 24.6 Å². The Labute approximate surface area is 142 Å². The number of hydrogen-bond donors (Lipinski definition) is 0. The highest BCUT2D eigenvalue weighted by Gasteiger charge is 2.09. The molecule has 0 atom stereocenters. The van der Waals surface area contributed by atoms with E-state index < -0.39 is 0 Å². The lowest BCUT2D eigenvalue weighted by Crippen LogP contribution is -2.29. The van der Waals surface area contributed by atoms with E-state index in [-0.39, 0.29) is 0 Å². The van der Waals surface area contributed by atoms with Gasteiger partial charge in [0.25, 0.3) is 0 Å². The van der Waals surface area contributed by atoms with Gasteiger partial charge in [0.2, 0.25) is 0 Å². The monoisotopic (exact) mass is 337 g/mol. The number of unbranched alkanes of at least 4 members (excludes halogenated alkanes) is 1. The maximum Gasteiger partial charge on any atom is 0.156 e. The summed E-state index contributed by atoms with van der Waals surface area (Å²) in [7, 11) is 0. The van der Waals surface area contributed by atoms with E-state index in [4.69, 9.17) is 27.9 Å². The average molecular weight is 338 g/mol. The van der Waals surface area contributed by atoms with Crippen molar-refractivity contribution < 1.29 is 4.74 Å². The highest BCUT2D eigenvalue weighted by atomic mass is 35.5. The lowest BCUT2D eigenvalue weighted by molar-refractivity contribution is 0.323. The summed E-state index contributed by atoms with van der Waals surface area (Å²) in [4.78, 5) is 2.33. The molecule has 0 saturated carbocycles. The van der Waals surface area contributed by atoms with Crippen LogP contribution < -0.4 is 9.64 Å². The molecule has 0 fully saturated rings. The minimum Gasteiger partial charge on any atom is -0.489 e. The molecule has 0 saturated heterocycles. The number of anilines is 1. The molecule has 0 bridgehead atoms. The van der Waals surface area contributed by atoms with Gasteiger partial charge >= 0.3 is 0 Å². The molecule has 0 unspecified atom stereocenters. The number of rotatable bonds is 8. The molecule has 0 radical (unpaired) electrons. The first-order valence-corrected chi connectivity index (χ1v) is 8.34. The Kier molecular flexibility index (Phi) is 6.88. The van der Waals surface area contributed by atoms with Gasteiger partial charge in [-0.2, -0.15) is 0 Å². The fraction of sp³-hybridized carbons (Fsp3) is 0.333. The molecule has 0 N–H and O–H groups in total. The van der Waals surface area contributed by atoms with E-state index in [2.05, 4.69) is 36.1 Å². The van der Waals surface area contributed by atoms with Crippen LogP contribution in [0.2, 0.25) is 10.0 Å². The lowest BCUT2D eigenvalue weighted by Gasteiger charge is -2.25. The van der Waals surface area contributed by atoms with Gasteiger partial charge in [-0.3, -0.25) is 0 Å². The third kappa shape index (κ3) is 4.82. The van der Waals surface area contributed by atoms with Crippen molar-refractivity contribution in [2.45, 2.75) is 19.8 Å². The molecule has 0 aliphatic heterocycles. The quantitative estimate of drug-likeness (QED) is 0.614. The van der Waals surface area contributed by atoms with Crippen LogP contribution in [0.1, 0.15) is 19.8 Å². The van der Waals surface area contributed by atoms with Crippen LogP contribution in [0.4, 0.5) is 5.69 Å². The maximum absolute atomic E-state index is 6.12. The Balaban J connectivity index is 1.97. The van der Waals surface area contributed by atoms with Crippen LogP contribution in [-0.4, -0.2) is 19.7 Å². The average Bonchev–Trinajstić information content (AvgIpc) is 2.54. The molecule has 0 amide bonds. The van der Waals surface area contributed by atoms with Gasteiger partial charge in [-0.25, -0.2) is 0 Å². The van der Waals surface area contributed by atoms with Gasteiger partial charge in [0.1, 0.15) is 6.61 Å². The zero-order valence-electron chi connectivity index (χ0n) is 12.8. The Morgan fingerprint density at radius 3 is 2.23 bits per heavy atom. The van der Waals surface area contributed by atoms with E-state index in [1.54, 1.807) is 12.1 Å². The molecule has 2 nitrogen and oxygen atoms in total. The zero-order chi connectivity index (χ0) is 15.8. The van der Waals surface area contributed by atoms with E-state index in [0.29, 0.717) is 22.4 Å². The number of nitrogens with zero attached hydrogens (tertiary/aromatic N) is 1. The van der Waals surface area contributed by atoms with Crippen LogP contribution >= 0.6 is 23.2 Å². The van der Waals surface area contributed by atoms with Crippen molar-refractivity contribution in [3.63, 3.8) is 0 Å². The van der Waals surface area contributed by atoms with Gasteiger partial charge in [0.15, 0.2) is 5.75 Å². The number of ether oxygens (including phenoxy) is 1. The summed E-state index contributed by atoms with van der Waals surface area (Å²) in [5, 5.41) is 1.10. The number of halogens is 2. The molecule has 22 heavy (non-hydrogen) atoms. The molecule has 2 rings (SSSR count). The van der Waals surface area contributed by atoms with Gasteiger partial charge in [0.05, 0.1) is 16.6 Å². The summed E-state index contributed by atoms with van der Waals surface area (Å²) in [5.74, 6) is 0.564. The van der Waals surface area contributed by atoms with E-state index in [9.17, 15) is 0 Å². The molecule has 118 valence electrons. The van der Waals surface area contributed by atoms with Crippen molar-refractivity contribution in [1.29, 1.82) is 0 Å². The third-order valence-corrected chi connectivity index (χ3v) is 4.02. The molecule has 0 aliphatic carbocycles. The van der Waals surface area contributed by atoms with Crippen LogP contribution in [0.3, 0.4) is 0 Å². The molecule has 2 aromatic carbocycles. The van der Waals surface area contributed by atoms with Crippen molar-refractivity contribution in [1.82, 2.24) is 0 Å². The van der Waals surface area contributed by atoms with Gasteiger partial charge in [-0.1, -0.05) is 60.8 Å². The second-order valence-corrected chi connectivity index (χ2v) is 5.89. The molecular formula is C18H21Cl2NO. The minimum atomic E-state index is 0.544. The first-order chi connectivity index (χ1) is 10.7. The topological polar surface area (TPSA) is 12.5 Å². The molecule has 0 spiro atoms. The highest BCUT2D eigenvalue weighted by molar-refractivity contribution is 6.37. The van der Waals surface area contributed by atoms with Crippen molar-refractivity contribution in [3.05, 3.63) is 58.6 Å². The minimum absolute atomic E-state index is 0.544. The number of hydrogen-bond acceptors (Lipinski definition) is 2. The largest absolute Gasteiger partial charge is 0.489 e. The Hall–Kier alpha value is -1.38. The highest BCUT2D eigenvalue weighted by Crippen LogP contribution is 2.32. The van der Waals surface area contributed by atoms with E-state index in [1.807, 2.05) is 12.1 Å². The fourth-order valence-electron chi connectivity index (χ4n) is 2.24. The number of benzene rings is 2. The molecule has 4 heteroatoms. The molecular weight excluding hydrogens is 317 g/mol. The maximum atomic E-state index is 6.12. The van der Waals surface area contributed by atoms with Crippen LogP contribution in [0.25, 0.3) is 0 Å². The first-order valence-electron chi connectivity index (χ1n) is 7.59. The summed E-state index contributed by atoms with van der Waals surface area (Å²) < 4.78 is 5.79. The normalized spacial score (nSPS) is 10.5. The van der Waals surface area contributed by atoms with Gasteiger partial charge < -0.3 is 9.64 Å². The lowest BCUT2D eigenvalue weighted by atomic mass is 10.2. The summed E-state index contributed by atoms with van der Waals surface area (Å²) in [6.45, 7) is 4.55. The summed E-state index contributed by atoms with van der Waals surface area (Å²) in [6, 6.07) is 15.8. The SMILES string of the molecule is CCCCN(CCOc1c(Cl)cccc1Cl)c1ccccc1. The van der Waals surface area contributed by atoms with E-state index in [0.717, 1.165) is 19.5 Å². The van der Waals surface area contributed by atoms with Crippen LogP contribution in [0.15, 0.2) is 48.5 Å². The summed E-state index contributed by atoms with van der Waals surface area (Å²) >= 11 is 12.2. The van der Waals surface area contributed by atoms with Crippen LogP contribution in [0.5, 0.6) is 5.75 Å². The predicted octanol–water partition coefficient (Wildman–Crippen LogP) is 5.68. The zero-order valence-corrected chi connectivity index (χ0v) is 14.3. The second kappa shape index (κ2) is 8.92. The third-order valence-electron chi connectivity index (χ3n) is 3.43. The second-order valence-electron chi connectivity index (χ2n) is 5.08. The standard InChI is InChI=1S/C18H21Cl2NO/c1-2-3-12-21(15-8-5-4-6-9-15)13-14-22-18-16(19)10-7-11-17(18)20/h4-11H,2-3,12-14H2,1H3.